The lowest BCUT2D eigenvalue weighted by Gasteiger charge is -2.04. The van der Waals surface area contributed by atoms with E-state index in [0.717, 1.165) is 29.6 Å². The molecule has 4 aliphatic carbocycles. The molecule has 60 valence electrons. The van der Waals surface area contributed by atoms with Crippen LogP contribution in [0.25, 0.3) is 0 Å². The zero-order valence-electron chi connectivity index (χ0n) is 6.77. The van der Waals surface area contributed by atoms with Gasteiger partial charge in [-0.15, -0.1) is 0 Å². The van der Waals surface area contributed by atoms with Gasteiger partial charge in [0.05, 0.1) is 5.60 Å². The highest BCUT2D eigenvalue weighted by Gasteiger charge is 2.87. The maximum Gasteiger partial charge on any atom is 0.0683 e. The third kappa shape index (κ3) is 0.438. The Morgan fingerprint density at radius 3 is 2.27 bits per heavy atom. The molecular weight excluding hydrogens is 136 g/mol. The summed E-state index contributed by atoms with van der Waals surface area (Å²) in [6.45, 7) is 0. The fraction of sp³-hybridized carbons (Fsp3) is 1.00. The second kappa shape index (κ2) is 1.10. The van der Waals surface area contributed by atoms with Crippen LogP contribution in [0.3, 0.4) is 0 Å². The molecule has 0 saturated heterocycles. The summed E-state index contributed by atoms with van der Waals surface area (Å²) < 4.78 is 0. The maximum absolute atomic E-state index is 9.90. The zero-order chi connectivity index (χ0) is 7.32. The lowest BCUT2D eigenvalue weighted by atomic mass is 10.1. The zero-order valence-corrected chi connectivity index (χ0v) is 6.77. The molecule has 0 heterocycles. The Kier molecular flexibility index (Phi) is 0.558. The van der Waals surface area contributed by atoms with Crippen molar-refractivity contribution in [2.75, 3.05) is 0 Å². The highest BCUT2D eigenvalue weighted by molar-refractivity contribution is 5.36. The van der Waals surface area contributed by atoms with Gasteiger partial charge in [-0.3, -0.25) is 0 Å². The van der Waals surface area contributed by atoms with Crippen LogP contribution in [-0.4, -0.2) is 10.7 Å². The fourth-order valence-corrected chi connectivity index (χ4v) is 3.65. The molecule has 1 N–H and O–H groups in total. The lowest BCUT2D eigenvalue weighted by Crippen LogP contribution is -2.11. The van der Waals surface area contributed by atoms with Crippen molar-refractivity contribution in [2.24, 2.45) is 16.7 Å². The second-order valence-corrected chi connectivity index (χ2v) is 5.47. The van der Waals surface area contributed by atoms with Gasteiger partial charge in [-0.05, 0) is 55.3 Å². The molecule has 0 aliphatic heterocycles. The molecule has 0 radical (unpaired) electrons. The van der Waals surface area contributed by atoms with Crippen LogP contribution in [0.2, 0.25) is 0 Å². The Morgan fingerprint density at radius 2 is 1.82 bits per heavy atom. The van der Waals surface area contributed by atoms with Crippen LogP contribution < -0.4 is 0 Å². The molecule has 0 unspecified atom stereocenters. The molecular formula is C10H14O. The van der Waals surface area contributed by atoms with E-state index in [9.17, 15) is 5.11 Å². The Hall–Kier alpha value is -0.0400. The Balaban J connectivity index is 1.65. The van der Waals surface area contributed by atoms with Crippen LogP contribution in [0.5, 0.6) is 0 Å². The van der Waals surface area contributed by atoms with E-state index < -0.39 is 0 Å². The van der Waals surface area contributed by atoms with Gasteiger partial charge in [0.2, 0.25) is 0 Å². The number of aliphatic hydroxyl groups is 1. The van der Waals surface area contributed by atoms with Crippen molar-refractivity contribution >= 4 is 0 Å². The van der Waals surface area contributed by atoms with Crippen LogP contribution in [0, 0.1) is 16.7 Å². The standard InChI is InChI=1S/C10H14O/c11-10(3-4-10)7-5-9(7)6-8(9)1-2-8/h7,11H,1-6H2/t7-,9-/m1/s1. The summed E-state index contributed by atoms with van der Waals surface area (Å²) in [4.78, 5) is 0. The van der Waals surface area contributed by atoms with Crippen LogP contribution in [-0.2, 0) is 0 Å². The number of rotatable bonds is 1. The lowest BCUT2D eigenvalue weighted by molar-refractivity contribution is 0.116. The average Bonchev–Trinajstić information content (AvgIpc) is 2.64. The largest absolute Gasteiger partial charge is 0.390 e. The van der Waals surface area contributed by atoms with Crippen molar-refractivity contribution in [3.63, 3.8) is 0 Å². The third-order valence-electron chi connectivity index (χ3n) is 4.92. The molecule has 1 nitrogen and oxygen atoms in total. The van der Waals surface area contributed by atoms with Crippen LogP contribution >= 0.6 is 0 Å². The second-order valence-electron chi connectivity index (χ2n) is 5.47. The molecule has 4 saturated carbocycles. The molecule has 1 heteroatoms. The predicted octanol–water partition coefficient (Wildman–Crippen LogP) is 1.70. The first-order valence-electron chi connectivity index (χ1n) is 4.93. The first-order chi connectivity index (χ1) is 5.21. The Labute approximate surface area is 66.8 Å². The van der Waals surface area contributed by atoms with Gasteiger partial charge in [0.15, 0.2) is 0 Å². The normalized spacial score (nSPS) is 58.1. The maximum atomic E-state index is 9.90. The topological polar surface area (TPSA) is 20.2 Å². The molecule has 0 aromatic heterocycles. The van der Waals surface area contributed by atoms with E-state index in [1.807, 2.05) is 0 Å². The van der Waals surface area contributed by atoms with E-state index in [-0.39, 0.29) is 5.60 Å². The molecule has 0 amide bonds. The average molecular weight is 150 g/mol. The Morgan fingerprint density at radius 1 is 1.09 bits per heavy atom. The molecule has 0 aromatic carbocycles. The van der Waals surface area contributed by atoms with E-state index >= 15 is 0 Å². The van der Waals surface area contributed by atoms with Crippen molar-refractivity contribution in [2.45, 2.75) is 44.1 Å². The van der Waals surface area contributed by atoms with Crippen molar-refractivity contribution in [3.05, 3.63) is 0 Å². The number of hydrogen-bond donors (Lipinski definition) is 1. The SMILES string of the molecule is OC1([C@@H]2C[C@@]23CC32CC2)CC1. The van der Waals surface area contributed by atoms with E-state index in [0.29, 0.717) is 0 Å². The minimum Gasteiger partial charge on any atom is -0.390 e. The first kappa shape index (κ1) is 5.58. The summed E-state index contributed by atoms with van der Waals surface area (Å²) in [7, 11) is 0. The van der Waals surface area contributed by atoms with Crippen molar-refractivity contribution in [1.82, 2.24) is 0 Å². The van der Waals surface area contributed by atoms with Crippen molar-refractivity contribution in [1.29, 1.82) is 0 Å². The van der Waals surface area contributed by atoms with Gasteiger partial charge in [0, 0.05) is 0 Å². The van der Waals surface area contributed by atoms with Crippen molar-refractivity contribution in [3.8, 4) is 0 Å². The molecule has 0 bridgehead atoms. The van der Waals surface area contributed by atoms with E-state index in [4.69, 9.17) is 0 Å². The summed E-state index contributed by atoms with van der Waals surface area (Å²) in [6.07, 6.45) is 8.04. The number of fused-ring (bicyclic) bond motifs is 1. The Bertz CT molecular complexity index is 250. The van der Waals surface area contributed by atoms with Gasteiger partial charge in [0.1, 0.15) is 0 Å². The molecule has 4 aliphatic rings. The monoisotopic (exact) mass is 150 g/mol. The van der Waals surface area contributed by atoms with Gasteiger partial charge in [-0.1, -0.05) is 0 Å². The summed E-state index contributed by atoms with van der Waals surface area (Å²) in [5.41, 5.74) is 1.39. The quantitative estimate of drug-likeness (QED) is 0.603. The minimum absolute atomic E-state index is 0.147. The molecule has 2 atom stereocenters. The van der Waals surface area contributed by atoms with Gasteiger partial charge in [-0.25, -0.2) is 0 Å². The van der Waals surface area contributed by atoms with Crippen LogP contribution in [0.15, 0.2) is 0 Å². The summed E-state index contributed by atoms with van der Waals surface area (Å²) in [6, 6.07) is 0. The van der Waals surface area contributed by atoms with E-state index in [1.165, 1.54) is 25.7 Å². The fourth-order valence-electron chi connectivity index (χ4n) is 3.65. The first-order valence-corrected chi connectivity index (χ1v) is 4.93. The molecule has 4 rings (SSSR count). The van der Waals surface area contributed by atoms with Crippen LogP contribution in [0.4, 0.5) is 0 Å². The van der Waals surface area contributed by atoms with Gasteiger partial charge in [-0.2, -0.15) is 0 Å². The summed E-state index contributed by atoms with van der Waals surface area (Å²) >= 11 is 0. The van der Waals surface area contributed by atoms with Gasteiger partial charge in [0.25, 0.3) is 0 Å². The highest BCUT2D eigenvalue weighted by atomic mass is 16.3. The summed E-state index contributed by atoms with van der Waals surface area (Å²) in [5, 5.41) is 9.90. The molecule has 0 aromatic rings. The minimum atomic E-state index is -0.147. The van der Waals surface area contributed by atoms with E-state index in [1.54, 1.807) is 0 Å². The molecule has 11 heavy (non-hydrogen) atoms. The predicted molar refractivity (Wildman–Crippen MR) is 41.0 cm³/mol. The highest BCUT2D eigenvalue weighted by Crippen LogP contribution is 2.93. The molecule has 2 spiro atoms. The third-order valence-corrected chi connectivity index (χ3v) is 4.92. The van der Waals surface area contributed by atoms with Gasteiger partial charge < -0.3 is 5.11 Å². The van der Waals surface area contributed by atoms with E-state index in [2.05, 4.69) is 0 Å². The smallest absolute Gasteiger partial charge is 0.0683 e. The molecule has 4 fully saturated rings. The number of hydrogen-bond acceptors (Lipinski definition) is 1. The van der Waals surface area contributed by atoms with Crippen molar-refractivity contribution < 1.29 is 5.11 Å². The summed E-state index contributed by atoms with van der Waals surface area (Å²) in [5.74, 6) is 0.748. The van der Waals surface area contributed by atoms with Gasteiger partial charge >= 0.3 is 0 Å². The van der Waals surface area contributed by atoms with Crippen LogP contribution in [0.1, 0.15) is 38.5 Å².